The van der Waals surface area contributed by atoms with Crippen molar-refractivity contribution in [1.29, 1.82) is 0 Å². The van der Waals surface area contributed by atoms with Crippen LogP contribution in [0.1, 0.15) is 18.4 Å². The molecule has 0 aliphatic carbocycles. The molecule has 0 atom stereocenters. The first-order chi connectivity index (χ1) is 8.78. The SMILES string of the molecule is COc1ccc(/C=C2\C(=O)C3CCN2CC3)cn1. The second-order valence-corrected chi connectivity index (χ2v) is 4.79. The van der Waals surface area contributed by atoms with Gasteiger partial charge in [-0.05, 0) is 30.5 Å². The number of rotatable bonds is 2. The summed E-state index contributed by atoms with van der Waals surface area (Å²) < 4.78 is 5.02. The number of methoxy groups -OCH3 is 1. The van der Waals surface area contributed by atoms with Crippen LogP contribution in [0.4, 0.5) is 0 Å². The van der Waals surface area contributed by atoms with E-state index in [1.54, 1.807) is 13.3 Å². The van der Waals surface area contributed by atoms with Gasteiger partial charge in [-0.25, -0.2) is 4.98 Å². The number of Topliss-reactive ketones (excluding diaryl/α,β-unsaturated/α-hetero) is 1. The van der Waals surface area contributed by atoms with Gasteiger partial charge in [0, 0.05) is 31.3 Å². The number of ether oxygens (including phenoxy) is 1. The van der Waals surface area contributed by atoms with E-state index < -0.39 is 0 Å². The number of allylic oxidation sites excluding steroid dienone is 1. The van der Waals surface area contributed by atoms with Gasteiger partial charge in [0.1, 0.15) is 0 Å². The number of hydrogen-bond acceptors (Lipinski definition) is 4. The Morgan fingerprint density at radius 2 is 2.17 bits per heavy atom. The van der Waals surface area contributed by atoms with Crippen molar-refractivity contribution in [3.8, 4) is 5.88 Å². The highest BCUT2D eigenvalue weighted by atomic mass is 16.5. The van der Waals surface area contributed by atoms with Gasteiger partial charge in [-0.2, -0.15) is 0 Å². The number of fused-ring (bicyclic) bond motifs is 3. The molecule has 3 fully saturated rings. The molecule has 0 aromatic carbocycles. The van der Waals surface area contributed by atoms with Crippen LogP contribution in [-0.2, 0) is 4.79 Å². The third kappa shape index (κ3) is 1.88. The Morgan fingerprint density at radius 3 is 2.72 bits per heavy atom. The third-order valence-corrected chi connectivity index (χ3v) is 3.73. The van der Waals surface area contributed by atoms with E-state index in [1.165, 1.54) is 0 Å². The normalized spacial score (nSPS) is 21.7. The maximum Gasteiger partial charge on any atom is 0.212 e. The Morgan fingerprint density at radius 1 is 1.39 bits per heavy atom. The van der Waals surface area contributed by atoms with Crippen molar-refractivity contribution in [2.24, 2.45) is 5.92 Å². The van der Waals surface area contributed by atoms with Gasteiger partial charge in [0.05, 0.1) is 12.8 Å². The zero-order chi connectivity index (χ0) is 12.5. The molecule has 4 nitrogen and oxygen atoms in total. The summed E-state index contributed by atoms with van der Waals surface area (Å²) in [5.74, 6) is 1.13. The van der Waals surface area contributed by atoms with Crippen LogP contribution in [-0.4, -0.2) is 35.9 Å². The summed E-state index contributed by atoms with van der Waals surface area (Å²) >= 11 is 0. The number of ketones is 1. The summed E-state index contributed by atoms with van der Waals surface area (Å²) in [6.07, 6.45) is 5.71. The van der Waals surface area contributed by atoms with E-state index in [4.69, 9.17) is 4.74 Å². The lowest BCUT2D eigenvalue weighted by Crippen LogP contribution is -2.45. The number of carbonyl (C=O) groups is 1. The van der Waals surface area contributed by atoms with Gasteiger partial charge in [0.25, 0.3) is 0 Å². The van der Waals surface area contributed by atoms with Gasteiger partial charge in [-0.15, -0.1) is 0 Å². The van der Waals surface area contributed by atoms with Gasteiger partial charge in [0.15, 0.2) is 5.78 Å². The number of carbonyl (C=O) groups excluding carboxylic acids is 1. The molecule has 4 heterocycles. The fraction of sp³-hybridized carbons (Fsp3) is 0.429. The van der Waals surface area contributed by atoms with E-state index in [0.717, 1.165) is 37.2 Å². The second-order valence-electron chi connectivity index (χ2n) is 4.79. The van der Waals surface area contributed by atoms with Crippen molar-refractivity contribution in [1.82, 2.24) is 9.88 Å². The molecule has 1 aromatic rings. The van der Waals surface area contributed by atoms with Crippen molar-refractivity contribution in [3.63, 3.8) is 0 Å². The molecule has 3 aliphatic heterocycles. The quantitative estimate of drug-likeness (QED) is 0.743. The van der Waals surface area contributed by atoms with Crippen LogP contribution < -0.4 is 4.74 Å². The molecule has 94 valence electrons. The van der Waals surface area contributed by atoms with E-state index in [1.807, 2.05) is 18.2 Å². The van der Waals surface area contributed by atoms with Crippen LogP contribution in [0.5, 0.6) is 5.88 Å². The minimum Gasteiger partial charge on any atom is -0.481 e. The van der Waals surface area contributed by atoms with Crippen LogP contribution >= 0.6 is 0 Å². The first kappa shape index (κ1) is 11.3. The standard InChI is InChI=1S/C14H16N2O2/c1-18-13-3-2-10(9-15-13)8-12-14(17)11-4-6-16(12)7-5-11/h2-3,8-9,11H,4-7H2,1H3/b12-8+. The average molecular weight is 244 g/mol. The van der Waals surface area contributed by atoms with Gasteiger partial charge in [-0.1, -0.05) is 0 Å². The Bertz CT molecular complexity index is 485. The van der Waals surface area contributed by atoms with Crippen molar-refractivity contribution in [3.05, 3.63) is 29.6 Å². The van der Waals surface area contributed by atoms with Gasteiger partial charge in [-0.3, -0.25) is 4.79 Å². The fourth-order valence-corrected chi connectivity index (χ4v) is 2.67. The summed E-state index contributed by atoms with van der Waals surface area (Å²) in [6.45, 7) is 2.01. The zero-order valence-electron chi connectivity index (χ0n) is 10.4. The van der Waals surface area contributed by atoms with E-state index in [2.05, 4.69) is 9.88 Å². The predicted octanol–water partition coefficient (Wildman–Crippen LogP) is 1.73. The Balaban J connectivity index is 1.88. The molecule has 3 saturated heterocycles. The van der Waals surface area contributed by atoms with Crippen LogP contribution in [0.2, 0.25) is 0 Å². The first-order valence-electron chi connectivity index (χ1n) is 6.29. The molecule has 0 saturated carbocycles. The zero-order valence-corrected chi connectivity index (χ0v) is 10.4. The largest absolute Gasteiger partial charge is 0.481 e. The van der Waals surface area contributed by atoms with Crippen LogP contribution in [0.25, 0.3) is 6.08 Å². The van der Waals surface area contributed by atoms with Gasteiger partial charge >= 0.3 is 0 Å². The molecule has 0 unspecified atom stereocenters. The van der Waals surface area contributed by atoms with Crippen LogP contribution in [0.3, 0.4) is 0 Å². The smallest absolute Gasteiger partial charge is 0.212 e. The molecule has 0 amide bonds. The predicted molar refractivity (Wildman–Crippen MR) is 68.1 cm³/mol. The lowest BCUT2D eigenvalue weighted by Gasteiger charge is -2.41. The average Bonchev–Trinajstić information content (AvgIpc) is 2.44. The summed E-state index contributed by atoms with van der Waals surface area (Å²) in [6, 6.07) is 3.74. The highest BCUT2D eigenvalue weighted by Gasteiger charge is 2.36. The lowest BCUT2D eigenvalue weighted by atomic mass is 9.84. The fourth-order valence-electron chi connectivity index (χ4n) is 2.67. The molecule has 3 aliphatic rings. The van der Waals surface area contributed by atoms with Crippen molar-refractivity contribution in [2.75, 3.05) is 20.2 Å². The molecule has 0 radical (unpaired) electrons. The van der Waals surface area contributed by atoms with Gasteiger partial charge in [0.2, 0.25) is 5.88 Å². The third-order valence-electron chi connectivity index (χ3n) is 3.73. The number of nitrogens with zero attached hydrogens (tertiary/aromatic N) is 2. The summed E-state index contributed by atoms with van der Waals surface area (Å²) in [5, 5.41) is 0. The Hall–Kier alpha value is -1.84. The molecule has 1 aromatic heterocycles. The van der Waals surface area contributed by atoms with E-state index in [0.29, 0.717) is 11.7 Å². The minimum absolute atomic E-state index is 0.243. The molecular weight excluding hydrogens is 228 g/mol. The monoisotopic (exact) mass is 244 g/mol. The highest BCUT2D eigenvalue weighted by Crippen LogP contribution is 2.32. The molecule has 2 bridgehead atoms. The van der Waals surface area contributed by atoms with E-state index in [9.17, 15) is 4.79 Å². The first-order valence-corrected chi connectivity index (χ1v) is 6.29. The van der Waals surface area contributed by atoms with Crippen molar-refractivity contribution >= 4 is 11.9 Å². The number of aromatic nitrogens is 1. The van der Waals surface area contributed by atoms with Crippen LogP contribution in [0, 0.1) is 5.92 Å². The molecule has 4 rings (SSSR count). The van der Waals surface area contributed by atoms with Crippen molar-refractivity contribution in [2.45, 2.75) is 12.8 Å². The van der Waals surface area contributed by atoms with Crippen LogP contribution in [0.15, 0.2) is 24.0 Å². The van der Waals surface area contributed by atoms with Gasteiger partial charge < -0.3 is 9.64 Å². The van der Waals surface area contributed by atoms with Crippen molar-refractivity contribution < 1.29 is 9.53 Å². The Labute approximate surface area is 106 Å². The summed E-state index contributed by atoms with van der Waals surface area (Å²) in [4.78, 5) is 18.5. The maximum absolute atomic E-state index is 12.2. The minimum atomic E-state index is 0.243. The van der Waals surface area contributed by atoms with E-state index in [-0.39, 0.29) is 5.92 Å². The number of piperidine rings is 3. The topological polar surface area (TPSA) is 42.4 Å². The maximum atomic E-state index is 12.2. The number of hydrogen-bond donors (Lipinski definition) is 0. The molecule has 0 N–H and O–H groups in total. The second kappa shape index (κ2) is 4.44. The summed E-state index contributed by atoms with van der Waals surface area (Å²) in [5.41, 5.74) is 1.80. The molecule has 4 heteroatoms. The van der Waals surface area contributed by atoms with E-state index >= 15 is 0 Å². The molecular formula is C14H16N2O2. The number of pyridine rings is 1. The molecule has 18 heavy (non-hydrogen) atoms. The lowest BCUT2D eigenvalue weighted by molar-refractivity contribution is -0.125. The highest BCUT2D eigenvalue weighted by molar-refractivity contribution is 6.01. The molecule has 0 spiro atoms. The Kier molecular flexibility index (Phi) is 2.78. The summed E-state index contributed by atoms with van der Waals surface area (Å²) in [7, 11) is 1.59.